The van der Waals surface area contributed by atoms with E-state index in [0.717, 1.165) is 22.1 Å². The standard InChI is InChI=1S/C14H13BrN4O/c1-2-11-5-9(7-16)14(20)19(11)12-3-4-17-18-8-10(15)6-13(12)18/h3-4,6,8-9,11H,2,5H2,1H3. The highest BCUT2D eigenvalue weighted by Crippen LogP contribution is 2.34. The van der Waals surface area contributed by atoms with Gasteiger partial charge >= 0.3 is 0 Å². The summed E-state index contributed by atoms with van der Waals surface area (Å²) in [7, 11) is 0. The monoisotopic (exact) mass is 332 g/mol. The number of hydrogen-bond acceptors (Lipinski definition) is 3. The Labute approximate surface area is 124 Å². The topological polar surface area (TPSA) is 61.4 Å². The number of rotatable bonds is 2. The second-order valence-electron chi connectivity index (χ2n) is 4.89. The molecule has 20 heavy (non-hydrogen) atoms. The first-order chi connectivity index (χ1) is 9.65. The lowest BCUT2D eigenvalue weighted by molar-refractivity contribution is -0.119. The molecule has 0 N–H and O–H groups in total. The number of halogens is 1. The van der Waals surface area contributed by atoms with Gasteiger partial charge in [0.2, 0.25) is 5.91 Å². The van der Waals surface area contributed by atoms with Gasteiger partial charge in [-0.1, -0.05) is 6.92 Å². The molecule has 6 heteroatoms. The molecule has 0 radical (unpaired) electrons. The quantitative estimate of drug-likeness (QED) is 0.849. The third kappa shape index (κ3) is 1.90. The Morgan fingerprint density at radius 2 is 2.40 bits per heavy atom. The summed E-state index contributed by atoms with van der Waals surface area (Å²) >= 11 is 3.42. The molecule has 5 nitrogen and oxygen atoms in total. The Morgan fingerprint density at radius 1 is 1.60 bits per heavy atom. The zero-order valence-corrected chi connectivity index (χ0v) is 12.5. The highest BCUT2D eigenvalue weighted by Gasteiger charge is 2.40. The summed E-state index contributed by atoms with van der Waals surface area (Å²) in [5.41, 5.74) is 1.69. The zero-order valence-electron chi connectivity index (χ0n) is 11.0. The van der Waals surface area contributed by atoms with Crippen LogP contribution in [-0.2, 0) is 4.79 Å². The van der Waals surface area contributed by atoms with Gasteiger partial charge in [0.25, 0.3) is 0 Å². The molecule has 3 heterocycles. The molecule has 102 valence electrons. The fourth-order valence-corrected chi connectivity index (χ4v) is 3.18. The minimum Gasteiger partial charge on any atom is -0.306 e. The predicted molar refractivity (Wildman–Crippen MR) is 78.2 cm³/mol. The number of carbonyl (C=O) groups is 1. The zero-order chi connectivity index (χ0) is 14.3. The van der Waals surface area contributed by atoms with Crippen LogP contribution in [-0.4, -0.2) is 21.6 Å². The average molecular weight is 333 g/mol. The number of amides is 1. The van der Waals surface area contributed by atoms with Crippen LogP contribution >= 0.6 is 15.9 Å². The summed E-state index contributed by atoms with van der Waals surface area (Å²) in [6.45, 7) is 2.04. The molecular formula is C14H13BrN4O. The van der Waals surface area contributed by atoms with E-state index in [1.54, 1.807) is 15.6 Å². The second-order valence-corrected chi connectivity index (χ2v) is 5.81. The van der Waals surface area contributed by atoms with E-state index in [0.29, 0.717) is 6.42 Å². The molecule has 0 aromatic carbocycles. The lowest BCUT2D eigenvalue weighted by atomic mass is 10.1. The molecule has 0 spiro atoms. The maximum atomic E-state index is 12.4. The molecule has 0 saturated carbocycles. The molecule has 0 aliphatic carbocycles. The number of nitrogens with zero attached hydrogens (tertiary/aromatic N) is 4. The summed E-state index contributed by atoms with van der Waals surface area (Å²) in [4.78, 5) is 14.2. The van der Waals surface area contributed by atoms with E-state index >= 15 is 0 Å². The lowest BCUT2D eigenvalue weighted by Gasteiger charge is -2.24. The molecule has 1 aliphatic heterocycles. The third-order valence-corrected chi connectivity index (χ3v) is 4.18. The van der Waals surface area contributed by atoms with E-state index in [1.807, 2.05) is 25.3 Å². The van der Waals surface area contributed by atoms with Gasteiger partial charge in [0, 0.05) is 22.9 Å². The fourth-order valence-electron chi connectivity index (χ4n) is 2.77. The highest BCUT2D eigenvalue weighted by atomic mass is 79.9. The molecule has 2 aromatic heterocycles. The fraction of sp³-hybridized carbons (Fsp3) is 0.357. The van der Waals surface area contributed by atoms with E-state index in [-0.39, 0.29) is 11.9 Å². The molecule has 1 saturated heterocycles. The SMILES string of the molecule is CCC1CC(C#N)C(=O)N1c1ccnn2cc(Br)cc12. The van der Waals surface area contributed by atoms with Gasteiger partial charge in [-0.2, -0.15) is 10.4 Å². The minimum atomic E-state index is -0.536. The Hall–Kier alpha value is -1.87. The number of nitriles is 1. The van der Waals surface area contributed by atoms with Crippen LogP contribution < -0.4 is 4.90 Å². The first-order valence-electron chi connectivity index (χ1n) is 6.51. The number of fused-ring (bicyclic) bond motifs is 1. The van der Waals surface area contributed by atoms with Gasteiger partial charge in [-0.25, -0.2) is 4.52 Å². The van der Waals surface area contributed by atoms with Crippen LogP contribution in [0.3, 0.4) is 0 Å². The van der Waals surface area contributed by atoms with Crippen molar-refractivity contribution >= 4 is 33.0 Å². The average Bonchev–Trinajstić information content (AvgIpc) is 2.97. The number of aromatic nitrogens is 2. The van der Waals surface area contributed by atoms with Gasteiger partial charge in [0.15, 0.2) is 0 Å². The Morgan fingerprint density at radius 3 is 3.10 bits per heavy atom. The van der Waals surface area contributed by atoms with E-state index in [4.69, 9.17) is 5.26 Å². The van der Waals surface area contributed by atoms with Crippen LogP contribution in [0.4, 0.5) is 5.69 Å². The van der Waals surface area contributed by atoms with Crippen LogP contribution in [0.1, 0.15) is 19.8 Å². The van der Waals surface area contributed by atoms with Crippen molar-refractivity contribution < 1.29 is 4.79 Å². The van der Waals surface area contributed by atoms with Crippen LogP contribution in [0.15, 0.2) is 29.0 Å². The molecule has 1 amide bonds. The molecule has 1 aliphatic rings. The van der Waals surface area contributed by atoms with Gasteiger partial charge in [-0.15, -0.1) is 0 Å². The van der Waals surface area contributed by atoms with Crippen molar-refractivity contribution in [2.45, 2.75) is 25.8 Å². The minimum absolute atomic E-state index is 0.0759. The van der Waals surface area contributed by atoms with Crippen molar-refractivity contribution in [3.63, 3.8) is 0 Å². The van der Waals surface area contributed by atoms with E-state index in [1.165, 1.54) is 0 Å². The van der Waals surface area contributed by atoms with Gasteiger partial charge in [0.1, 0.15) is 5.92 Å². The Kier molecular flexibility index (Phi) is 3.22. The normalized spacial score (nSPS) is 22.4. The van der Waals surface area contributed by atoms with Crippen molar-refractivity contribution in [3.05, 3.63) is 29.0 Å². The molecule has 3 rings (SSSR count). The molecule has 2 aromatic rings. The van der Waals surface area contributed by atoms with Crippen molar-refractivity contribution in [1.29, 1.82) is 5.26 Å². The van der Waals surface area contributed by atoms with Crippen LogP contribution in [0, 0.1) is 17.2 Å². The van der Waals surface area contributed by atoms with Crippen LogP contribution in [0.25, 0.3) is 5.52 Å². The van der Waals surface area contributed by atoms with Gasteiger partial charge in [-0.3, -0.25) is 4.79 Å². The van der Waals surface area contributed by atoms with E-state index in [9.17, 15) is 4.79 Å². The lowest BCUT2D eigenvalue weighted by Crippen LogP contribution is -2.33. The summed E-state index contributed by atoms with van der Waals surface area (Å²) in [5, 5.41) is 13.3. The van der Waals surface area contributed by atoms with Crippen LogP contribution in [0.2, 0.25) is 0 Å². The second kappa shape index (κ2) is 4.91. The number of carbonyl (C=O) groups excluding carboxylic acids is 1. The Bertz CT molecular complexity index is 718. The molecule has 0 bridgehead atoms. The van der Waals surface area contributed by atoms with E-state index < -0.39 is 5.92 Å². The molecular weight excluding hydrogens is 320 g/mol. The first-order valence-corrected chi connectivity index (χ1v) is 7.30. The molecule has 1 fully saturated rings. The van der Waals surface area contributed by atoms with Crippen molar-refractivity contribution in [1.82, 2.24) is 9.61 Å². The highest BCUT2D eigenvalue weighted by molar-refractivity contribution is 9.10. The number of anilines is 1. The number of hydrogen-bond donors (Lipinski definition) is 0. The maximum absolute atomic E-state index is 12.4. The van der Waals surface area contributed by atoms with Gasteiger partial charge in [0.05, 0.1) is 17.3 Å². The Balaban J connectivity index is 2.14. The predicted octanol–water partition coefficient (Wildman–Crippen LogP) is 2.75. The van der Waals surface area contributed by atoms with Gasteiger partial charge in [-0.05, 0) is 40.9 Å². The summed E-state index contributed by atoms with van der Waals surface area (Å²) in [6.07, 6.45) is 4.96. The largest absolute Gasteiger partial charge is 0.306 e. The summed E-state index contributed by atoms with van der Waals surface area (Å²) in [6, 6.07) is 5.95. The van der Waals surface area contributed by atoms with E-state index in [2.05, 4.69) is 27.1 Å². The first kappa shape index (κ1) is 13.1. The molecule has 2 unspecified atom stereocenters. The van der Waals surface area contributed by atoms with Crippen LogP contribution in [0.5, 0.6) is 0 Å². The van der Waals surface area contributed by atoms with Crippen molar-refractivity contribution in [2.75, 3.05) is 4.90 Å². The van der Waals surface area contributed by atoms with Gasteiger partial charge < -0.3 is 4.90 Å². The van der Waals surface area contributed by atoms with Crippen molar-refractivity contribution in [2.24, 2.45) is 5.92 Å². The van der Waals surface area contributed by atoms with Crippen molar-refractivity contribution in [3.8, 4) is 6.07 Å². The molecule has 2 atom stereocenters. The summed E-state index contributed by atoms with van der Waals surface area (Å²) in [5.74, 6) is -0.642. The maximum Gasteiger partial charge on any atom is 0.244 e. The smallest absolute Gasteiger partial charge is 0.244 e. The summed E-state index contributed by atoms with van der Waals surface area (Å²) < 4.78 is 2.65. The third-order valence-electron chi connectivity index (χ3n) is 3.75.